The summed E-state index contributed by atoms with van der Waals surface area (Å²) in [6, 6.07) is 10.5. The molecule has 0 radical (unpaired) electrons. The lowest BCUT2D eigenvalue weighted by molar-refractivity contribution is -0.138. The van der Waals surface area contributed by atoms with Crippen LogP contribution in [-0.2, 0) is 27.8 Å². The number of likely N-dealkylation sites (tertiary alicyclic amines) is 1. The van der Waals surface area contributed by atoms with Crippen molar-refractivity contribution in [3.8, 4) is 0 Å². The molecule has 1 amide bonds. The standard InChI is InChI=1S/C21H26N2O3S2/c1-15-10-16(2)13-22(12-15)21(24)19-11-17-6-3-4-7-18(17)14-23(19)28(25,26)20-8-5-9-27-20/h3-9,15-16,19H,10-14H2,1-2H3. The second-order valence-corrected chi connectivity index (χ2v) is 11.2. The first-order chi connectivity index (χ1) is 13.4. The zero-order valence-electron chi connectivity index (χ0n) is 16.2. The fourth-order valence-electron chi connectivity index (χ4n) is 4.54. The quantitative estimate of drug-likeness (QED) is 0.768. The Morgan fingerprint density at radius 3 is 2.36 bits per heavy atom. The van der Waals surface area contributed by atoms with E-state index in [0.717, 1.165) is 17.5 Å². The third-order valence-electron chi connectivity index (χ3n) is 5.73. The molecule has 7 heteroatoms. The number of carbonyl (C=O) groups excluding carboxylic acids is 1. The van der Waals surface area contributed by atoms with Crippen LogP contribution in [0.5, 0.6) is 0 Å². The molecule has 2 aromatic rings. The lowest BCUT2D eigenvalue weighted by Crippen LogP contribution is -2.55. The first-order valence-electron chi connectivity index (χ1n) is 9.77. The average molecular weight is 419 g/mol. The Morgan fingerprint density at radius 2 is 1.71 bits per heavy atom. The summed E-state index contributed by atoms with van der Waals surface area (Å²) in [7, 11) is -3.72. The Hall–Kier alpha value is -1.70. The van der Waals surface area contributed by atoms with Crippen LogP contribution in [-0.4, -0.2) is 42.7 Å². The normalized spacial score (nSPS) is 26.1. The monoisotopic (exact) mass is 418 g/mol. The Bertz CT molecular complexity index is 946. The molecule has 5 nitrogen and oxygen atoms in total. The third kappa shape index (κ3) is 3.63. The van der Waals surface area contributed by atoms with Gasteiger partial charge >= 0.3 is 0 Å². The van der Waals surface area contributed by atoms with E-state index in [-0.39, 0.29) is 12.5 Å². The highest BCUT2D eigenvalue weighted by Crippen LogP contribution is 2.32. The molecule has 0 aliphatic carbocycles. The number of benzene rings is 1. The molecule has 1 saturated heterocycles. The smallest absolute Gasteiger partial charge is 0.253 e. The lowest BCUT2D eigenvalue weighted by atomic mass is 9.90. The molecule has 1 fully saturated rings. The summed E-state index contributed by atoms with van der Waals surface area (Å²) in [6.07, 6.45) is 1.54. The van der Waals surface area contributed by atoms with Gasteiger partial charge in [0.05, 0.1) is 0 Å². The van der Waals surface area contributed by atoms with E-state index in [2.05, 4.69) is 13.8 Å². The number of amides is 1. The van der Waals surface area contributed by atoms with Crippen LogP contribution in [0.15, 0.2) is 46.0 Å². The zero-order chi connectivity index (χ0) is 19.9. The number of hydrogen-bond donors (Lipinski definition) is 0. The average Bonchev–Trinajstić information content (AvgIpc) is 3.21. The summed E-state index contributed by atoms with van der Waals surface area (Å²) in [6.45, 7) is 5.97. The van der Waals surface area contributed by atoms with Gasteiger partial charge in [0.2, 0.25) is 5.91 Å². The van der Waals surface area contributed by atoms with E-state index in [4.69, 9.17) is 0 Å². The number of hydrogen-bond acceptors (Lipinski definition) is 4. The van der Waals surface area contributed by atoms with Crippen LogP contribution in [0.4, 0.5) is 0 Å². The van der Waals surface area contributed by atoms with Gasteiger partial charge in [-0.3, -0.25) is 4.79 Å². The van der Waals surface area contributed by atoms with Crippen LogP contribution in [0, 0.1) is 11.8 Å². The van der Waals surface area contributed by atoms with Crippen LogP contribution in [0.3, 0.4) is 0 Å². The van der Waals surface area contributed by atoms with Crippen molar-refractivity contribution in [1.82, 2.24) is 9.21 Å². The highest BCUT2D eigenvalue weighted by atomic mass is 32.2. The van der Waals surface area contributed by atoms with Gasteiger partial charge in [-0.2, -0.15) is 4.31 Å². The topological polar surface area (TPSA) is 57.7 Å². The second kappa shape index (κ2) is 7.61. The number of nitrogens with zero attached hydrogens (tertiary/aromatic N) is 2. The number of sulfonamides is 1. The molecule has 150 valence electrons. The predicted octanol–water partition coefficient (Wildman–Crippen LogP) is 3.37. The van der Waals surface area contributed by atoms with E-state index < -0.39 is 16.1 Å². The predicted molar refractivity (Wildman–Crippen MR) is 111 cm³/mol. The van der Waals surface area contributed by atoms with E-state index in [1.54, 1.807) is 17.5 Å². The minimum atomic E-state index is -3.72. The van der Waals surface area contributed by atoms with Gasteiger partial charge in [0.25, 0.3) is 10.0 Å². The highest BCUT2D eigenvalue weighted by Gasteiger charge is 2.42. The molecule has 3 heterocycles. The molecule has 3 atom stereocenters. The van der Waals surface area contributed by atoms with Crippen molar-refractivity contribution >= 4 is 27.3 Å². The molecule has 2 aliphatic heterocycles. The summed E-state index contributed by atoms with van der Waals surface area (Å²) in [5.41, 5.74) is 2.05. The van der Waals surface area contributed by atoms with Gasteiger partial charge in [-0.25, -0.2) is 8.42 Å². The van der Waals surface area contributed by atoms with E-state index in [1.807, 2.05) is 29.2 Å². The first kappa shape index (κ1) is 19.6. The molecule has 0 bridgehead atoms. The van der Waals surface area contributed by atoms with Crippen LogP contribution in [0.1, 0.15) is 31.4 Å². The van der Waals surface area contributed by atoms with Crippen molar-refractivity contribution in [2.75, 3.05) is 13.1 Å². The van der Waals surface area contributed by atoms with Gasteiger partial charge < -0.3 is 4.90 Å². The summed E-state index contributed by atoms with van der Waals surface area (Å²) in [5, 5.41) is 1.76. The second-order valence-electron chi connectivity index (χ2n) is 8.16. The van der Waals surface area contributed by atoms with Crippen molar-refractivity contribution in [2.24, 2.45) is 11.8 Å². The largest absolute Gasteiger partial charge is 0.341 e. The van der Waals surface area contributed by atoms with Crippen LogP contribution in [0.2, 0.25) is 0 Å². The summed E-state index contributed by atoms with van der Waals surface area (Å²) in [4.78, 5) is 15.4. The molecule has 2 aliphatic rings. The molecule has 0 N–H and O–H groups in total. The van der Waals surface area contributed by atoms with E-state index >= 15 is 0 Å². The Balaban J connectivity index is 1.71. The number of fused-ring (bicyclic) bond motifs is 1. The van der Waals surface area contributed by atoms with Gasteiger partial charge in [0.15, 0.2) is 0 Å². The minimum Gasteiger partial charge on any atom is -0.341 e. The molecule has 0 spiro atoms. The third-order valence-corrected chi connectivity index (χ3v) is 8.96. The zero-order valence-corrected chi connectivity index (χ0v) is 17.9. The first-order valence-corrected chi connectivity index (χ1v) is 12.1. The Labute approximate surface area is 171 Å². The molecule has 1 aromatic carbocycles. The fraction of sp³-hybridized carbons (Fsp3) is 0.476. The Morgan fingerprint density at radius 1 is 1.04 bits per heavy atom. The molecular weight excluding hydrogens is 392 g/mol. The van der Waals surface area contributed by atoms with Gasteiger partial charge in [-0.1, -0.05) is 44.2 Å². The van der Waals surface area contributed by atoms with Gasteiger partial charge in [0, 0.05) is 19.6 Å². The maximum absolute atomic E-state index is 13.5. The highest BCUT2D eigenvalue weighted by molar-refractivity contribution is 7.91. The molecule has 1 aromatic heterocycles. The van der Waals surface area contributed by atoms with Crippen molar-refractivity contribution < 1.29 is 13.2 Å². The molecule has 0 saturated carbocycles. The minimum absolute atomic E-state index is 0.0620. The molecular formula is C21H26N2O3S2. The van der Waals surface area contributed by atoms with Crippen molar-refractivity contribution in [2.45, 2.75) is 43.5 Å². The number of carbonyl (C=O) groups is 1. The SMILES string of the molecule is CC1CC(C)CN(C(=O)C2Cc3ccccc3CN2S(=O)(=O)c2cccs2)C1. The lowest BCUT2D eigenvalue weighted by Gasteiger charge is -2.41. The van der Waals surface area contributed by atoms with Crippen molar-refractivity contribution in [3.63, 3.8) is 0 Å². The maximum atomic E-state index is 13.5. The molecule has 3 unspecified atom stereocenters. The Kier molecular flexibility index (Phi) is 5.33. The van der Waals surface area contributed by atoms with Gasteiger partial charge in [-0.15, -0.1) is 11.3 Å². The van der Waals surface area contributed by atoms with E-state index in [9.17, 15) is 13.2 Å². The van der Waals surface area contributed by atoms with E-state index in [1.165, 1.54) is 15.6 Å². The number of piperidine rings is 1. The number of rotatable bonds is 3. The maximum Gasteiger partial charge on any atom is 0.253 e. The number of thiophene rings is 1. The van der Waals surface area contributed by atoms with Crippen LogP contribution >= 0.6 is 11.3 Å². The summed E-state index contributed by atoms with van der Waals surface area (Å²) < 4.78 is 28.4. The van der Waals surface area contributed by atoms with E-state index in [0.29, 0.717) is 35.6 Å². The van der Waals surface area contributed by atoms with Gasteiger partial charge in [-0.05, 0) is 47.3 Å². The van der Waals surface area contributed by atoms with Crippen LogP contribution < -0.4 is 0 Å². The van der Waals surface area contributed by atoms with Crippen LogP contribution in [0.25, 0.3) is 0 Å². The van der Waals surface area contributed by atoms with Crippen molar-refractivity contribution in [3.05, 3.63) is 52.9 Å². The van der Waals surface area contributed by atoms with Gasteiger partial charge in [0.1, 0.15) is 10.3 Å². The van der Waals surface area contributed by atoms with Crippen molar-refractivity contribution in [1.29, 1.82) is 0 Å². The fourth-order valence-corrected chi connectivity index (χ4v) is 7.22. The molecule has 4 rings (SSSR count). The summed E-state index contributed by atoms with van der Waals surface area (Å²) in [5.74, 6) is 0.810. The molecule has 28 heavy (non-hydrogen) atoms. The summed E-state index contributed by atoms with van der Waals surface area (Å²) >= 11 is 1.20.